The maximum Gasteiger partial charge on any atom is 0.339 e. The van der Waals surface area contributed by atoms with Crippen molar-refractivity contribution >= 4 is 11.9 Å². The van der Waals surface area contributed by atoms with Gasteiger partial charge in [0.05, 0.1) is 12.2 Å². The van der Waals surface area contributed by atoms with E-state index in [1.807, 2.05) is 6.92 Å². The molecule has 0 amide bonds. The van der Waals surface area contributed by atoms with E-state index in [1.165, 1.54) is 19.1 Å². The number of rotatable bonds is 5. The van der Waals surface area contributed by atoms with Gasteiger partial charge in [-0.15, -0.1) is 0 Å². The Kier molecular flexibility index (Phi) is 4.09. The Labute approximate surface area is 98.6 Å². The number of carboxylic acid groups (broad SMARTS) is 2. The zero-order valence-corrected chi connectivity index (χ0v) is 9.69. The molecule has 0 atom stereocenters. The lowest BCUT2D eigenvalue weighted by molar-refractivity contribution is 0.0691. The Morgan fingerprint density at radius 2 is 1.88 bits per heavy atom. The molecule has 0 spiro atoms. The molecule has 0 aliphatic carbocycles. The molecule has 1 aromatic carbocycles. The van der Waals surface area contributed by atoms with E-state index in [0.29, 0.717) is 6.61 Å². The van der Waals surface area contributed by atoms with Crippen LogP contribution in [0, 0.1) is 6.92 Å². The topological polar surface area (TPSA) is 83.8 Å². The third-order valence-electron chi connectivity index (χ3n) is 2.33. The van der Waals surface area contributed by atoms with Crippen LogP contribution in [0.5, 0.6) is 5.75 Å². The second-order valence-electron chi connectivity index (χ2n) is 3.57. The molecule has 0 heterocycles. The molecule has 92 valence electrons. The van der Waals surface area contributed by atoms with Crippen molar-refractivity contribution < 1.29 is 24.5 Å². The monoisotopic (exact) mass is 238 g/mol. The van der Waals surface area contributed by atoms with Gasteiger partial charge in [-0.1, -0.05) is 6.92 Å². The predicted octanol–water partition coefficient (Wildman–Crippen LogP) is 2.18. The highest BCUT2D eigenvalue weighted by Gasteiger charge is 2.20. The van der Waals surface area contributed by atoms with E-state index < -0.39 is 11.9 Å². The van der Waals surface area contributed by atoms with Crippen molar-refractivity contribution in [1.29, 1.82) is 0 Å². The summed E-state index contributed by atoms with van der Waals surface area (Å²) in [5.74, 6) is -2.12. The van der Waals surface area contributed by atoms with Gasteiger partial charge in [0.15, 0.2) is 0 Å². The Balaban J connectivity index is 3.29. The molecule has 5 nitrogen and oxygen atoms in total. The number of carbonyl (C=O) groups is 2. The van der Waals surface area contributed by atoms with Crippen LogP contribution in [0.4, 0.5) is 0 Å². The average Bonchev–Trinajstić information content (AvgIpc) is 2.25. The summed E-state index contributed by atoms with van der Waals surface area (Å²) >= 11 is 0. The number of ether oxygens (including phenoxy) is 1. The van der Waals surface area contributed by atoms with Crippen LogP contribution < -0.4 is 4.74 Å². The van der Waals surface area contributed by atoms with Crippen LogP contribution in [-0.4, -0.2) is 28.8 Å². The van der Waals surface area contributed by atoms with Gasteiger partial charge in [0, 0.05) is 0 Å². The molecule has 0 saturated carbocycles. The molecule has 2 N–H and O–H groups in total. The molecule has 0 saturated heterocycles. The molecule has 5 heteroatoms. The summed E-state index contributed by atoms with van der Waals surface area (Å²) in [6.07, 6.45) is 0.749. The second kappa shape index (κ2) is 5.34. The Hall–Kier alpha value is -2.04. The molecule has 0 aromatic heterocycles. The zero-order valence-electron chi connectivity index (χ0n) is 9.69. The number of hydrogen-bond acceptors (Lipinski definition) is 3. The lowest BCUT2D eigenvalue weighted by atomic mass is 10.0. The average molecular weight is 238 g/mol. The minimum Gasteiger partial charge on any atom is -0.493 e. The largest absolute Gasteiger partial charge is 0.493 e. The predicted molar refractivity (Wildman–Crippen MR) is 60.9 cm³/mol. The Morgan fingerprint density at radius 3 is 2.35 bits per heavy atom. The van der Waals surface area contributed by atoms with Crippen molar-refractivity contribution in [2.24, 2.45) is 0 Å². The highest BCUT2D eigenvalue weighted by molar-refractivity contribution is 5.98. The van der Waals surface area contributed by atoms with E-state index in [9.17, 15) is 9.59 Å². The first kappa shape index (κ1) is 13.0. The third-order valence-corrected chi connectivity index (χ3v) is 2.33. The standard InChI is InChI=1S/C12H14O5/c1-3-6-17-9-5-4-8(11(13)14)7(2)10(9)12(15)16/h4-5H,3,6H2,1-2H3,(H,13,14)(H,15,16). The van der Waals surface area contributed by atoms with E-state index >= 15 is 0 Å². The number of hydrogen-bond donors (Lipinski definition) is 2. The van der Waals surface area contributed by atoms with Crippen LogP contribution in [0.1, 0.15) is 39.6 Å². The van der Waals surface area contributed by atoms with Gasteiger partial charge in [-0.25, -0.2) is 9.59 Å². The fourth-order valence-electron chi connectivity index (χ4n) is 1.52. The molecule has 0 unspecified atom stereocenters. The first-order valence-corrected chi connectivity index (χ1v) is 5.22. The fraction of sp³-hybridized carbons (Fsp3) is 0.333. The molecule has 17 heavy (non-hydrogen) atoms. The van der Waals surface area contributed by atoms with Crippen LogP contribution in [0.25, 0.3) is 0 Å². The van der Waals surface area contributed by atoms with Crippen LogP contribution in [0.15, 0.2) is 12.1 Å². The minimum atomic E-state index is -1.18. The van der Waals surface area contributed by atoms with Gasteiger partial charge in [-0.05, 0) is 31.0 Å². The van der Waals surface area contributed by atoms with Crippen molar-refractivity contribution in [3.63, 3.8) is 0 Å². The first-order valence-electron chi connectivity index (χ1n) is 5.22. The van der Waals surface area contributed by atoms with Gasteiger partial charge in [-0.2, -0.15) is 0 Å². The van der Waals surface area contributed by atoms with Gasteiger partial charge < -0.3 is 14.9 Å². The van der Waals surface area contributed by atoms with Gasteiger partial charge in [-0.3, -0.25) is 0 Å². The quantitative estimate of drug-likeness (QED) is 0.821. The third kappa shape index (κ3) is 2.75. The number of aromatic carboxylic acids is 2. The molecule has 1 aromatic rings. The van der Waals surface area contributed by atoms with Crippen LogP contribution in [0.3, 0.4) is 0 Å². The maximum atomic E-state index is 11.1. The number of carboxylic acids is 2. The van der Waals surface area contributed by atoms with E-state index in [0.717, 1.165) is 6.42 Å². The first-order chi connectivity index (χ1) is 7.99. The smallest absolute Gasteiger partial charge is 0.339 e. The molecule has 1 rings (SSSR count). The lowest BCUT2D eigenvalue weighted by Gasteiger charge is -2.12. The van der Waals surface area contributed by atoms with Crippen molar-refractivity contribution in [1.82, 2.24) is 0 Å². The summed E-state index contributed by atoms with van der Waals surface area (Å²) in [7, 11) is 0. The minimum absolute atomic E-state index is 0.0220. The van der Waals surface area contributed by atoms with E-state index in [-0.39, 0.29) is 22.4 Å². The van der Waals surface area contributed by atoms with E-state index in [4.69, 9.17) is 14.9 Å². The molecule has 0 aliphatic rings. The number of benzene rings is 1. The van der Waals surface area contributed by atoms with Crippen LogP contribution >= 0.6 is 0 Å². The molecule has 0 aliphatic heterocycles. The van der Waals surface area contributed by atoms with Crippen LogP contribution in [-0.2, 0) is 0 Å². The zero-order chi connectivity index (χ0) is 13.0. The Morgan fingerprint density at radius 1 is 1.24 bits per heavy atom. The van der Waals surface area contributed by atoms with Crippen LogP contribution in [0.2, 0.25) is 0 Å². The molecular formula is C12H14O5. The summed E-state index contributed by atoms with van der Waals surface area (Å²) in [4.78, 5) is 22.0. The van der Waals surface area contributed by atoms with E-state index in [1.54, 1.807) is 0 Å². The summed E-state index contributed by atoms with van der Waals surface area (Å²) in [6.45, 7) is 3.76. The van der Waals surface area contributed by atoms with Crippen molar-refractivity contribution in [2.75, 3.05) is 6.61 Å². The van der Waals surface area contributed by atoms with Gasteiger partial charge in [0.25, 0.3) is 0 Å². The van der Waals surface area contributed by atoms with Gasteiger partial charge in [0.2, 0.25) is 0 Å². The summed E-state index contributed by atoms with van der Waals surface area (Å²) in [5.41, 5.74) is 0.100. The SMILES string of the molecule is CCCOc1ccc(C(=O)O)c(C)c1C(=O)O. The molecule has 0 bridgehead atoms. The van der Waals surface area contributed by atoms with Gasteiger partial charge in [0.1, 0.15) is 11.3 Å². The lowest BCUT2D eigenvalue weighted by Crippen LogP contribution is -2.10. The summed E-state index contributed by atoms with van der Waals surface area (Å²) < 4.78 is 5.29. The highest BCUT2D eigenvalue weighted by Crippen LogP contribution is 2.25. The van der Waals surface area contributed by atoms with Crippen molar-refractivity contribution in [2.45, 2.75) is 20.3 Å². The molecule has 0 radical (unpaired) electrons. The normalized spacial score (nSPS) is 10.0. The second-order valence-corrected chi connectivity index (χ2v) is 3.57. The molecule has 0 fully saturated rings. The summed E-state index contributed by atoms with van der Waals surface area (Å²) in [6, 6.07) is 2.74. The fourth-order valence-corrected chi connectivity index (χ4v) is 1.52. The Bertz CT molecular complexity index is 450. The van der Waals surface area contributed by atoms with Gasteiger partial charge >= 0.3 is 11.9 Å². The molecular weight excluding hydrogens is 224 g/mol. The van der Waals surface area contributed by atoms with Crippen molar-refractivity contribution in [3.8, 4) is 5.75 Å². The maximum absolute atomic E-state index is 11.1. The van der Waals surface area contributed by atoms with E-state index in [2.05, 4.69) is 0 Å². The highest BCUT2D eigenvalue weighted by atomic mass is 16.5. The van der Waals surface area contributed by atoms with Crippen molar-refractivity contribution in [3.05, 3.63) is 28.8 Å². The summed E-state index contributed by atoms with van der Waals surface area (Å²) in [5, 5.41) is 18.0.